The van der Waals surface area contributed by atoms with E-state index in [1.807, 2.05) is 12.1 Å². The number of alkyl halides is 1. The van der Waals surface area contributed by atoms with E-state index in [9.17, 15) is 4.79 Å². The molecule has 16 heavy (non-hydrogen) atoms. The van der Waals surface area contributed by atoms with E-state index in [2.05, 4.69) is 4.98 Å². The van der Waals surface area contributed by atoms with Crippen molar-refractivity contribution in [1.82, 2.24) is 4.98 Å². The van der Waals surface area contributed by atoms with Gasteiger partial charge in [-0.25, -0.2) is 4.98 Å². The van der Waals surface area contributed by atoms with Crippen molar-refractivity contribution in [1.29, 1.82) is 0 Å². The number of hydrogen-bond donors (Lipinski definition) is 0. The zero-order valence-corrected chi connectivity index (χ0v) is 10.4. The minimum atomic E-state index is -0.155. The van der Waals surface area contributed by atoms with Gasteiger partial charge in [-0.3, -0.25) is 4.79 Å². The number of halogens is 2. The normalized spacial score (nSPS) is 10.4. The average molecular weight is 272 g/mol. The van der Waals surface area contributed by atoms with Crippen LogP contribution >= 0.6 is 34.5 Å². The maximum Gasteiger partial charge on any atom is 0.196 e. The summed E-state index contributed by atoms with van der Waals surface area (Å²) in [5, 5.41) is 3.19. The second kappa shape index (κ2) is 4.95. The van der Waals surface area contributed by atoms with Gasteiger partial charge in [-0.1, -0.05) is 23.7 Å². The van der Waals surface area contributed by atoms with Crippen molar-refractivity contribution in [2.75, 3.05) is 5.88 Å². The molecular weight excluding hydrogens is 265 g/mol. The standard InChI is InChI=1S/C11H7Cl2NOS/c12-5-10(15)9-6-16-11(14-9)7-1-3-8(13)4-2-7/h1-4,6H,5H2. The summed E-state index contributed by atoms with van der Waals surface area (Å²) < 4.78 is 0. The number of carbonyl (C=O) groups excluding carboxylic acids is 1. The number of aromatic nitrogens is 1. The van der Waals surface area contributed by atoms with Gasteiger partial charge in [0.1, 0.15) is 10.7 Å². The summed E-state index contributed by atoms with van der Waals surface area (Å²) in [6.07, 6.45) is 0. The van der Waals surface area contributed by atoms with Gasteiger partial charge in [-0.05, 0) is 12.1 Å². The second-order valence-corrected chi connectivity index (χ2v) is 4.66. The summed E-state index contributed by atoms with van der Waals surface area (Å²) in [5.74, 6) is -0.192. The summed E-state index contributed by atoms with van der Waals surface area (Å²) in [6, 6.07) is 7.33. The number of carbonyl (C=O) groups is 1. The second-order valence-electron chi connectivity index (χ2n) is 3.10. The lowest BCUT2D eigenvalue weighted by Gasteiger charge is -1.95. The Bertz CT molecular complexity index is 507. The molecule has 0 spiro atoms. The summed E-state index contributed by atoms with van der Waals surface area (Å²) in [6.45, 7) is 0. The summed E-state index contributed by atoms with van der Waals surface area (Å²) in [7, 11) is 0. The van der Waals surface area contributed by atoms with Crippen molar-refractivity contribution in [3.05, 3.63) is 40.4 Å². The Labute approximate surface area is 107 Å². The van der Waals surface area contributed by atoms with Gasteiger partial charge >= 0.3 is 0 Å². The van der Waals surface area contributed by atoms with E-state index in [4.69, 9.17) is 23.2 Å². The highest BCUT2D eigenvalue weighted by atomic mass is 35.5. The first-order chi connectivity index (χ1) is 7.70. The molecule has 0 bridgehead atoms. The van der Waals surface area contributed by atoms with E-state index in [0.29, 0.717) is 10.7 Å². The molecule has 1 aromatic carbocycles. The van der Waals surface area contributed by atoms with Gasteiger partial charge < -0.3 is 0 Å². The third-order valence-corrected chi connectivity index (χ3v) is 3.39. The quantitative estimate of drug-likeness (QED) is 0.626. The smallest absolute Gasteiger partial charge is 0.196 e. The van der Waals surface area contributed by atoms with E-state index in [-0.39, 0.29) is 11.7 Å². The van der Waals surface area contributed by atoms with Crippen LogP contribution in [0.5, 0.6) is 0 Å². The molecule has 1 heterocycles. The molecule has 2 aromatic rings. The first kappa shape index (κ1) is 11.6. The van der Waals surface area contributed by atoms with Crippen LogP contribution in [0.4, 0.5) is 0 Å². The van der Waals surface area contributed by atoms with Crippen molar-refractivity contribution in [3.63, 3.8) is 0 Å². The highest BCUT2D eigenvalue weighted by molar-refractivity contribution is 7.13. The van der Waals surface area contributed by atoms with Crippen LogP contribution in [0.15, 0.2) is 29.6 Å². The Morgan fingerprint density at radius 3 is 2.62 bits per heavy atom. The van der Waals surface area contributed by atoms with Crippen LogP contribution in [0.25, 0.3) is 10.6 Å². The fourth-order valence-corrected chi connectivity index (χ4v) is 2.29. The molecule has 0 aliphatic heterocycles. The minimum Gasteiger partial charge on any atom is -0.291 e. The molecule has 0 amide bonds. The van der Waals surface area contributed by atoms with E-state index in [1.165, 1.54) is 11.3 Å². The van der Waals surface area contributed by atoms with Crippen LogP contribution in [0.3, 0.4) is 0 Å². The number of ketones is 1. The molecule has 0 saturated carbocycles. The number of thiazole rings is 1. The Balaban J connectivity index is 2.31. The van der Waals surface area contributed by atoms with Crippen LogP contribution in [-0.4, -0.2) is 16.6 Å². The Morgan fingerprint density at radius 1 is 1.31 bits per heavy atom. The Kier molecular flexibility index (Phi) is 3.59. The third-order valence-electron chi connectivity index (χ3n) is 2.00. The van der Waals surface area contributed by atoms with Gasteiger partial charge in [-0.15, -0.1) is 22.9 Å². The van der Waals surface area contributed by atoms with Crippen LogP contribution in [-0.2, 0) is 0 Å². The molecule has 0 unspecified atom stereocenters. The average Bonchev–Trinajstić information content (AvgIpc) is 2.78. The van der Waals surface area contributed by atoms with Crippen molar-refractivity contribution < 1.29 is 4.79 Å². The van der Waals surface area contributed by atoms with E-state index in [0.717, 1.165) is 10.6 Å². The van der Waals surface area contributed by atoms with Gasteiger partial charge in [0.2, 0.25) is 0 Å². The van der Waals surface area contributed by atoms with Crippen molar-refractivity contribution >= 4 is 40.3 Å². The zero-order chi connectivity index (χ0) is 11.5. The molecule has 0 atom stereocenters. The molecule has 0 saturated heterocycles. The molecule has 0 fully saturated rings. The topological polar surface area (TPSA) is 30.0 Å². The SMILES string of the molecule is O=C(CCl)c1csc(-c2ccc(Cl)cc2)n1. The predicted octanol–water partition coefficient (Wildman–Crippen LogP) is 3.89. The number of hydrogen-bond acceptors (Lipinski definition) is 3. The zero-order valence-electron chi connectivity index (χ0n) is 8.11. The first-order valence-electron chi connectivity index (χ1n) is 4.51. The highest BCUT2D eigenvalue weighted by Crippen LogP contribution is 2.25. The van der Waals surface area contributed by atoms with Crippen LogP contribution in [0.1, 0.15) is 10.5 Å². The number of Topliss-reactive ketones (excluding diaryl/α,β-unsaturated/α-hetero) is 1. The van der Waals surface area contributed by atoms with Crippen molar-refractivity contribution in [2.24, 2.45) is 0 Å². The minimum absolute atomic E-state index is 0.0379. The number of rotatable bonds is 3. The Morgan fingerprint density at radius 2 is 2.00 bits per heavy atom. The van der Waals surface area contributed by atoms with Gasteiger partial charge in [0.25, 0.3) is 0 Å². The summed E-state index contributed by atoms with van der Waals surface area (Å²) >= 11 is 12.7. The largest absolute Gasteiger partial charge is 0.291 e. The van der Waals surface area contributed by atoms with Crippen LogP contribution in [0, 0.1) is 0 Å². The fourth-order valence-electron chi connectivity index (χ4n) is 1.20. The maximum atomic E-state index is 11.3. The van der Waals surface area contributed by atoms with Crippen molar-refractivity contribution in [2.45, 2.75) is 0 Å². The Hall–Kier alpha value is -0.900. The fraction of sp³-hybridized carbons (Fsp3) is 0.0909. The van der Waals surface area contributed by atoms with Gasteiger partial charge in [0.15, 0.2) is 5.78 Å². The molecule has 5 heteroatoms. The number of benzene rings is 1. The lowest BCUT2D eigenvalue weighted by molar-refractivity contribution is 0.101. The lowest BCUT2D eigenvalue weighted by atomic mass is 10.2. The van der Waals surface area contributed by atoms with Crippen LogP contribution in [0.2, 0.25) is 5.02 Å². The maximum absolute atomic E-state index is 11.3. The molecule has 0 radical (unpaired) electrons. The first-order valence-corrected chi connectivity index (χ1v) is 6.30. The monoisotopic (exact) mass is 271 g/mol. The molecule has 0 aliphatic carbocycles. The van der Waals surface area contributed by atoms with Gasteiger partial charge in [0.05, 0.1) is 5.88 Å². The van der Waals surface area contributed by atoms with E-state index >= 15 is 0 Å². The van der Waals surface area contributed by atoms with Gasteiger partial charge in [0, 0.05) is 16.0 Å². The van der Waals surface area contributed by atoms with E-state index in [1.54, 1.807) is 17.5 Å². The third kappa shape index (κ3) is 2.43. The molecule has 2 nitrogen and oxygen atoms in total. The molecule has 0 N–H and O–H groups in total. The predicted molar refractivity (Wildman–Crippen MR) is 67.6 cm³/mol. The molecule has 1 aromatic heterocycles. The summed E-state index contributed by atoms with van der Waals surface area (Å²) in [5.41, 5.74) is 1.37. The summed E-state index contributed by atoms with van der Waals surface area (Å²) in [4.78, 5) is 15.5. The molecule has 0 aliphatic rings. The van der Waals surface area contributed by atoms with Gasteiger partial charge in [-0.2, -0.15) is 0 Å². The van der Waals surface area contributed by atoms with Crippen LogP contribution < -0.4 is 0 Å². The number of nitrogens with zero attached hydrogens (tertiary/aromatic N) is 1. The van der Waals surface area contributed by atoms with Crippen molar-refractivity contribution in [3.8, 4) is 10.6 Å². The van der Waals surface area contributed by atoms with E-state index < -0.39 is 0 Å². The highest BCUT2D eigenvalue weighted by Gasteiger charge is 2.10. The molecule has 82 valence electrons. The molecule has 2 rings (SSSR count). The molecular formula is C11H7Cl2NOS. The lowest BCUT2D eigenvalue weighted by Crippen LogP contribution is -1.99.